The SMILES string of the molecule is CN(C(=O)c1cc(Cl)ccc1Cl)C1CCC(N)CC1. The van der Waals surface area contributed by atoms with Gasteiger partial charge in [0, 0.05) is 24.2 Å². The van der Waals surface area contributed by atoms with Crippen LogP contribution >= 0.6 is 23.2 Å². The maximum Gasteiger partial charge on any atom is 0.255 e. The maximum atomic E-state index is 12.5. The first-order chi connectivity index (χ1) is 8.99. The van der Waals surface area contributed by atoms with Gasteiger partial charge in [0.1, 0.15) is 0 Å². The van der Waals surface area contributed by atoms with Crippen molar-refractivity contribution in [3.8, 4) is 0 Å². The Morgan fingerprint density at radius 1 is 1.26 bits per heavy atom. The number of benzene rings is 1. The highest BCUT2D eigenvalue weighted by molar-refractivity contribution is 6.35. The molecule has 0 atom stereocenters. The Morgan fingerprint density at radius 2 is 1.89 bits per heavy atom. The quantitative estimate of drug-likeness (QED) is 0.910. The number of halogens is 2. The molecule has 0 bridgehead atoms. The van der Waals surface area contributed by atoms with E-state index in [-0.39, 0.29) is 18.0 Å². The highest BCUT2D eigenvalue weighted by atomic mass is 35.5. The Balaban J connectivity index is 2.12. The summed E-state index contributed by atoms with van der Waals surface area (Å²) in [6.07, 6.45) is 3.82. The predicted octanol–water partition coefficient (Wildman–Crippen LogP) is 3.34. The van der Waals surface area contributed by atoms with Gasteiger partial charge in [0.15, 0.2) is 0 Å². The van der Waals surface area contributed by atoms with Crippen LogP contribution in [-0.4, -0.2) is 29.9 Å². The van der Waals surface area contributed by atoms with Crippen molar-refractivity contribution in [3.63, 3.8) is 0 Å². The molecule has 1 amide bonds. The number of nitrogens with two attached hydrogens (primary N) is 1. The van der Waals surface area contributed by atoms with E-state index in [4.69, 9.17) is 28.9 Å². The lowest BCUT2D eigenvalue weighted by atomic mass is 9.90. The molecule has 0 radical (unpaired) electrons. The number of amides is 1. The van der Waals surface area contributed by atoms with Crippen LogP contribution in [0.15, 0.2) is 18.2 Å². The third-order valence-electron chi connectivity index (χ3n) is 3.77. The lowest BCUT2D eigenvalue weighted by molar-refractivity contribution is 0.0690. The lowest BCUT2D eigenvalue weighted by Crippen LogP contribution is -2.41. The summed E-state index contributed by atoms with van der Waals surface area (Å²) in [4.78, 5) is 14.2. The highest BCUT2D eigenvalue weighted by Gasteiger charge is 2.26. The minimum absolute atomic E-state index is 0.0760. The Bertz CT molecular complexity index is 471. The molecule has 3 nitrogen and oxygen atoms in total. The van der Waals surface area contributed by atoms with Crippen molar-refractivity contribution >= 4 is 29.1 Å². The van der Waals surface area contributed by atoms with E-state index < -0.39 is 0 Å². The van der Waals surface area contributed by atoms with Crippen molar-refractivity contribution in [1.82, 2.24) is 4.90 Å². The molecule has 0 unspecified atom stereocenters. The topological polar surface area (TPSA) is 46.3 Å². The first-order valence-corrected chi connectivity index (χ1v) is 7.22. The molecule has 0 heterocycles. The van der Waals surface area contributed by atoms with Crippen molar-refractivity contribution in [2.45, 2.75) is 37.8 Å². The smallest absolute Gasteiger partial charge is 0.255 e. The number of hydrogen-bond donors (Lipinski definition) is 1. The van der Waals surface area contributed by atoms with E-state index in [0.29, 0.717) is 15.6 Å². The molecule has 2 N–H and O–H groups in total. The van der Waals surface area contributed by atoms with Gasteiger partial charge in [0.25, 0.3) is 5.91 Å². The third kappa shape index (κ3) is 3.41. The molecule has 104 valence electrons. The number of carbonyl (C=O) groups is 1. The minimum atomic E-state index is -0.0760. The van der Waals surface area contributed by atoms with Gasteiger partial charge in [-0.25, -0.2) is 0 Å². The fourth-order valence-corrected chi connectivity index (χ4v) is 2.88. The first-order valence-electron chi connectivity index (χ1n) is 6.47. The predicted molar refractivity (Wildman–Crippen MR) is 78.8 cm³/mol. The summed E-state index contributed by atoms with van der Waals surface area (Å²) in [7, 11) is 1.82. The molecule has 0 saturated heterocycles. The number of nitrogens with zero attached hydrogens (tertiary/aromatic N) is 1. The summed E-state index contributed by atoms with van der Waals surface area (Å²) in [6.45, 7) is 0. The summed E-state index contributed by atoms with van der Waals surface area (Å²) < 4.78 is 0. The van der Waals surface area contributed by atoms with E-state index in [9.17, 15) is 4.79 Å². The van der Waals surface area contributed by atoms with Gasteiger partial charge in [-0.3, -0.25) is 4.79 Å². The van der Waals surface area contributed by atoms with Crippen LogP contribution in [0.5, 0.6) is 0 Å². The van der Waals surface area contributed by atoms with E-state index >= 15 is 0 Å². The van der Waals surface area contributed by atoms with E-state index in [2.05, 4.69) is 0 Å². The standard InChI is InChI=1S/C14H18Cl2N2O/c1-18(11-5-3-10(17)4-6-11)14(19)12-8-9(15)2-7-13(12)16/h2,7-8,10-11H,3-6,17H2,1H3. The summed E-state index contributed by atoms with van der Waals surface area (Å²) in [5, 5.41) is 0.959. The normalized spacial score (nSPS) is 23.2. The molecule has 5 heteroatoms. The average molecular weight is 301 g/mol. The van der Waals surface area contributed by atoms with E-state index in [1.165, 1.54) is 0 Å². The van der Waals surface area contributed by atoms with Gasteiger partial charge in [-0.2, -0.15) is 0 Å². The van der Waals surface area contributed by atoms with Crippen LogP contribution in [0.2, 0.25) is 10.0 Å². The Hall–Kier alpha value is -0.770. The van der Waals surface area contributed by atoms with Crippen LogP contribution in [0.25, 0.3) is 0 Å². The molecule has 1 aliphatic rings. The van der Waals surface area contributed by atoms with Gasteiger partial charge in [-0.1, -0.05) is 23.2 Å². The van der Waals surface area contributed by atoms with Crippen LogP contribution in [0.3, 0.4) is 0 Å². The first kappa shape index (κ1) is 14.6. The van der Waals surface area contributed by atoms with E-state index in [0.717, 1.165) is 25.7 Å². The zero-order chi connectivity index (χ0) is 14.0. The monoisotopic (exact) mass is 300 g/mol. The van der Waals surface area contributed by atoms with E-state index in [1.54, 1.807) is 23.1 Å². The summed E-state index contributed by atoms with van der Waals surface area (Å²) in [5.74, 6) is -0.0760. The molecular weight excluding hydrogens is 283 g/mol. The third-order valence-corrected chi connectivity index (χ3v) is 4.33. The molecule has 0 aromatic heterocycles. The van der Waals surface area contributed by atoms with Gasteiger partial charge >= 0.3 is 0 Å². The Morgan fingerprint density at radius 3 is 2.53 bits per heavy atom. The molecule has 1 saturated carbocycles. The van der Waals surface area contributed by atoms with Crippen LogP contribution in [0.4, 0.5) is 0 Å². The largest absolute Gasteiger partial charge is 0.339 e. The van der Waals surface area contributed by atoms with Crippen LogP contribution < -0.4 is 5.73 Å². The molecule has 1 aliphatic carbocycles. The highest BCUT2D eigenvalue weighted by Crippen LogP contribution is 2.26. The van der Waals surface area contributed by atoms with Gasteiger partial charge in [0.05, 0.1) is 10.6 Å². The summed E-state index contributed by atoms with van der Waals surface area (Å²) in [6, 6.07) is 5.47. The second-order valence-corrected chi connectivity index (χ2v) is 5.95. The Labute approximate surface area is 123 Å². The van der Waals surface area contributed by atoms with Gasteiger partial charge in [-0.05, 0) is 43.9 Å². The summed E-state index contributed by atoms with van der Waals surface area (Å²) in [5.41, 5.74) is 6.35. The number of hydrogen-bond acceptors (Lipinski definition) is 2. The lowest BCUT2D eigenvalue weighted by Gasteiger charge is -2.33. The van der Waals surface area contributed by atoms with Gasteiger partial charge in [-0.15, -0.1) is 0 Å². The number of carbonyl (C=O) groups excluding carboxylic acids is 1. The average Bonchev–Trinajstić information content (AvgIpc) is 2.41. The van der Waals surface area contributed by atoms with Crippen molar-refractivity contribution in [1.29, 1.82) is 0 Å². The maximum absolute atomic E-state index is 12.5. The molecule has 2 rings (SSSR count). The molecule has 0 aliphatic heterocycles. The van der Waals surface area contributed by atoms with Crippen molar-refractivity contribution in [2.24, 2.45) is 5.73 Å². The second-order valence-electron chi connectivity index (χ2n) is 5.11. The molecular formula is C14H18Cl2N2O. The fourth-order valence-electron chi connectivity index (χ4n) is 2.51. The Kier molecular flexibility index (Phi) is 4.71. The van der Waals surface area contributed by atoms with Crippen molar-refractivity contribution < 1.29 is 4.79 Å². The van der Waals surface area contributed by atoms with Crippen LogP contribution in [0, 0.1) is 0 Å². The number of rotatable bonds is 2. The molecule has 0 spiro atoms. The van der Waals surface area contributed by atoms with Gasteiger partial charge in [0.2, 0.25) is 0 Å². The van der Waals surface area contributed by atoms with Crippen LogP contribution in [0.1, 0.15) is 36.0 Å². The zero-order valence-corrected chi connectivity index (χ0v) is 12.4. The minimum Gasteiger partial charge on any atom is -0.339 e. The molecule has 1 fully saturated rings. The summed E-state index contributed by atoms with van der Waals surface area (Å²) >= 11 is 12.0. The van der Waals surface area contributed by atoms with E-state index in [1.807, 2.05) is 7.05 Å². The molecule has 19 heavy (non-hydrogen) atoms. The second kappa shape index (κ2) is 6.12. The molecule has 1 aromatic rings. The van der Waals surface area contributed by atoms with Crippen molar-refractivity contribution in [3.05, 3.63) is 33.8 Å². The van der Waals surface area contributed by atoms with Gasteiger partial charge < -0.3 is 10.6 Å². The fraction of sp³-hybridized carbons (Fsp3) is 0.500. The zero-order valence-electron chi connectivity index (χ0n) is 10.9. The van der Waals surface area contributed by atoms with Crippen LogP contribution in [-0.2, 0) is 0 Å². The molecule has 1 aromatic carbocycles. The van der Waals surface area contributed by atoms with Crippen molar-refractivity contribution in [2.75, 3.05) is 7.05 Å².